The van der Waals surface area contributed by atoms with Gasteiger partial charge in [0.25, 0.3) is 0 Å². The summed E-state index contributed by atoms with van der Waals surface area (Å²) >= 11 is 1.44. The van der Waals surface area contributed by atoms with Gasteiger partial charge in [-0.3, -0.25) is 4.79 Å². The molecule has 2 atom stereocenters. The first-order valence-electron chi connectivity index (χ1n) is 6.84. The Morgan fingerprint density at radius 2 is 2.29 bits per heavy atom. The minimum absolute atomic E-state index is 0.0713. The lowest BCUT2D eigenvalue weighted by Crippen LogP contribution is -2.22. The molecule has 2 aromatic rings. The predicted octanol–water partition coefficient (Wildman–Crippen LogP) is 2.54. The van der Waals surface area contributed by atoms with Gasteiger partial charge in [-0.2, -0.15) is 0 Å². The van der Waals surface area contributed by atoms with E-state index in [1.165, 1.54) is 11.3 Å². The summed E-state index contributed by atoms with van der Waals surface area (Å²) in [6.07, 6.45) is 0. The first-order valence-corrected chi connectivity index (χ1v) is 7.72. The zero-order valence-electron chi connectivity index (χ0n) is 11.9. The van der Waals surface area contributed by atoms with E-state index in [4.69, 9.17) is 4.74 Å². The third-order valence-electron chi connectivity index (χ3n) is 3.65. The van der Waals surface area contributed by atoms with E-state index in [-0.39, 0.29) is 17.9 Å². The molecule has 2 N–H and O–H groups in total. The number of aromatic nitrogens is 1. The van der Waals surface area contributed by atoms with Crippen molar-refractivity contribution < 1.29 is 9.53 Å². The van der Waals surface area contributed by atoms with Crippen molar-refractivity contribution in [3.8, 4) is 5.75 Å². The fourth-order valence-corrected chi connectivity index (χ4v) is 3.07. The topological polar surface area (TPSA) is 63.2 Å². The van der Waals surface area contributed by atoms with Gasteiger partial charge in [-0.15, -0.1) is 11.3 Å². The van der Waals surface area contributed by atoms with Gasteiger partial charge in [0, 0.05) is 17.0 Å². The molecule has 1 aliphatic heterocycles. The van der Waals surface area contributed by atoms with Crippen molar-refractivity contribution in [3.63, 3.8) is 0 Å². The molecule has 0 radical (unpaired) electrons. The van der Waals surface area contributed by atoms with Crippen LogP contribution in [0.3, 0.4) is 0 Å². The summed E-state index contributed by atoms with van der Waals surface area (Å²) in [5, 5.41) is 8.59. The Bertz CT molecular complexity index is 656. The molecule has 1 aromatic carbocycles. The maximum absolute atomic E-state index is 12.4. The minimum Gasteiger partial charge on any atom is -0.492 e. The number of fused-ring (bicyclic) bond motifs is 1. The summed E-state index contributed by atoms with van der Waals surface area (Å²) in [5.74, 6) is 0.453. The Hall–Kier alpha value is -1.92. The molecule has 110 valence electrons. The van der Waals surface area contributed by atoms with Crippen LogP contribution < -0.4 is 15.4 Å². The van der Waals surface area contributed by atoms with E-state index < -0.39 is 0 Å². The van der Waals surface area contributed by atoms with Crippen LogP contribution >= 0.6 is 11.3 Å². The number of para-hydroxylation sites is 1. The second kappa shape index (κ2) is 5.83. The number of benzene rings is 1. The summed E-state index contributed by atoms with van der Waals surface area (Å²) in [5.41, 5.74) is 1.87. The van der Waals surface area contributed by atoms with Crippen molar-refractivity contribution in [2.45, 2.75) is 18.9 Å². The second-order valence-electron chi connectivity index (χ2n) is 4.98. The fourth-order valence-electron chi connectivity index (χ4n) is 2.26. The Kier molecular flexibility index (Phi) is 3.90. The Morgan fingerprint density at radius 3 is 3.10 bits per heavy atom. The number of carbonyl (C=O) groups excluding carboxylic acids is 1. The highest BCUT2D eigenvalue weighted by molar-refractivity contribution is 7.13. The van der Waals surface area contributed by atoms with Crippen molar-refractivity contribution >= 4 is 22.4 Å². The van der Waals surface area contributed by atoms with Gasteiger partial charge in [0.15, 0.2) is 5.13 Å². The monoisotopic (exact) mass is 303 g/mol. The minimum atomic E-state index is -0.268. The zero-order chi connectivity index (χ0) is 14.8. The number of hydrogen-bond acceptors (Lipinski definition) is 5. The smallest absolute Gasteiger partial charge is 0.237 e. The van der Waals surface area contributed by atoms with Crippen molar-refractivity contribution in [3.05, 3.63) is 40.9 Å². The summed E-state index contributed by atoms with van der Waals surface area (Å²) in [4.78, 5) is 16.8. The van der Waals surface area contributed by atoms with E-state index in [0.717, 1.165) is 17.0 Å². The van der Waals surface area contributed by atoms with Crippen LogP contribution in [0.1, 0.15) is 30.1 Å². The van der Waals surface area contributed by atoms with Crippen LogP contribution in [0.5, 0.6) is 5.75 Å². The second-order valence-corrected chi connectivity index (χ2v) is 5.84. The molecule has 3 rings (SSSR count). The highest BCUT2D eigenvalue weighted by Gasteiger charge is 2.30. The molecule has 2 heterocycles. The van der Waals surface area contributed by atoms with Gasteiger partial charge in [0.1, 0.15) is 18.3 Å². The number of nitrogens with zero attached hydrogens (tertiary/aromatic N) is 1. The summed E-state index contributed by atoms with van der Waals surface area (Å²) in [6.45, 7) is 2.41. The largest absolute Gasteiger partial charge is 0.492 e. The number of thiazole rings is 1. The maximum Gasteiger partial charge on any atom is 0.237 e. The van der Waals surface area contributed by atoms with E-state index in [1.807, 2.05) is 43.6 Å². The summed E-state index contributed by atoms with van der Waals surface area (Å²) in [7, 11) is 1.88. The van der Waals surface area contributed by atoms with E-state index in [1.54, 1.807) is 0 Å². The molecule has 1 aromatic heterocycles. The van der Waals surface area contributed by atoms with E-state index in [2.05, 4.69) is 15.6 Å². The Morgan fingerprint density at radius 1 is 1.48 bits per heavy atom. The van der Waals surface area contributed by atoms with Crippen LogP contribution in [0.4, 0.5) is 5.13 Å². The first-order chi connectivity index (χ1) is 10.2. The number of anilines is 1. The molecule has 6 heteroatoms. The molecule has 0 fully saturated rings. The van der Waals surface area contributed by atoms with Crippen LogP contribution in [-0.4, -0.2) is 24.5 Å². The van der Waals surface area contributed by atoms with Crippen LogP contribution in [0.2, 0.25) is 0 Å². The van der Waals surface area contributed by atoms with Crippen LogP contribution in [0.25, 0.3) is 0 Å². The van der Waals surface area contributed by atoms with Gasteiger partial charge in [-0.25, -0.2) is 4.98 Å². The Balaban J connectivity index is 1.71. The van der Waals surface area contributed by atoms with Crippen molar-refractivity contribution in [1.82, 2.24) is 10.3 Å². The summed E-state index contributed by atoms with van der Waals surface area (Å²) < 4.78 is 5.54. The zero-order valence-corrected chi connectivity index (χ0v) is 12.7. The molecule has 0 aliphatic carbocycles. The SMILES string of the molecule is CNC(C)c1csc(NC(=O)C2COc3ccccc32)n1. The van der Waals surface area contributed by atoms with Gasteiger partial charge in [-0.05, 0) is 20.0 Å². The van der Waals surface area contributed by atoms with Gasteiger partial charge in [-0.1, -0.05) is 18.2 Å². The molecule has 2 unspecified atom stereocenters. The fraction of sp³-hybridized carbons (Fsp3) is 0.333. The highest BCUT2D eigenvalue weighted by atomic mass is 32.1. The number of hydrogen-bond donors (Lipinski definition) is 2. The summed E-state index contributed by atoms with van der Waals surface area (Å²) in [6, 6.07) is 7.82. The molecule has 0 bridgehead atoms. The van der Waals surface area contributed by atoms with Crippen LogP contribution in [0, 0.1) is 0 Å². The van der Waals surface area contributed by atoms with Crippen molar-refractivity contribution in [2.75, 3.05) is 19.0 Å². The van der Waals surface area contributed by atoms with Crippen molar-refractivity contribution in [1.29, 1.82) is 0 Å². The Labute approximate surface area is 127 Å². The number of rotatable bonds is 4. The highest BCUT2D eigenvalue weighted by Crippen LogP contribution is 2.34. The molecule has 0 saturated heterocycles. The number of amides is 1. The maximum atomic E-state index is 12.4. The van der Waals surface area contributed by atoms with E-state index in [9.17, 15) is 4.79 Å². The van der Waals surface area contributed by atoms with E-state index in [0.29, 0.717) is 11.7 Å². The van der Waals surface area contributed by atoms with E-state index >= 15 is 0 Å². The molecule has 21 heavy (non-hydrogen) atoms. The lowest BCUT2D eigenvalue weighted by molar-refractivity contribution is -0.117. The van der Waals surface area contributed by atoms with Crippen LogP contribution in [0.15, 0.2) is 29.6 Å². The van der Waals surface area contributed by atoms with Gasteiger partial charge in [0.05, 0.1) is 5.69 Å². The molecule has 0 spiro atoms. The number of nitrogens with one attached hydrogen (secondary N) is 2. The van der Waals surface area contributed by atoms with Gasteiger partial charge in [0.2, 0.25) is 5.91 Å². The number of carbonyl (C=O) groups is 1. The third-order valence-corrected chi connectivity index (χ3v) is 4.42. The average molecular weight is 303 g/mol. The molecule has 1 amide bonds. The average Bonchev–Trinajstić information content (AvgIpc) is 3.12. The molecular weight excluding hydrogens is 286 g/mol. The molecule has 1 aliphatic rings. The van der Waals surface area contributed by atoms with Crippen molar-refractivity contribution in [2.24, 2.45) is 0 Å². The normalized spacial score (nSPS) is 17.9. The quantitative estimate of drug-likeness (QED) is 0.911. The predicted molar refractivity (Wildman–Crippen MR) is 82.9 cm³/mol. The van der Waals surface area contributed by atoms with Crippen LogP contribution in [-0.2, 0) is 4.79 Å². The lowest BCUT2D eigenvalue weighted by Gasteiger charge is -2.08. The molecular formula is C15H17N3O2S. The molecule has 5 nitrogen and oxygen atoms in total. The molecule has 0 saturated carbocycles. The van der Waals surface area contributed by atoms with Gasteiger partial charge < -0.3 is 15.4 Å². The third kappa shape index (κ3) is 2.77. The first kappa shape index (κ1) is 14.0. The standard InChI is InChI=1S/C15H17N3O2S/c1-9(16-2)12-8-21-15(17-12)18-14(19)11-7-20-13-6-4-3-5-10(11)13/h3-6,8-9,11,16H,7H2,1-2H3,(H,17,18,19). The van der Waals surface area contributed by atoms with Gasteiger partial charge >= 0.3 is 0 Å². The lowest BCUT2D eigenvalue weighted by atomic mass is 10.0. The number of ether oxygens (including phenoxy) is 1.